The van der Waals surface area contributed by atoms with Gasteiger partial charge in [0.05, 0.1) is 11.0 Å². The topological polar surface area (TPSA) is 46.8 Å². The maximum atomic E-state index is 4.64. The second-order valence-corrected chi connectivity index (χ2v) is 6.83. The maximum Gasteiger partial charge on any atom is 0.147 e. The van der Waals surface area contributed by atoms with E-state index < -0.39 is 0 Å². The largest absolute Gasteiger partial charge is 0.329 e. The molecule has 2 aromatic heterocycles. The standard InChI is InChI=1S/C21H19N5/c1-14-11-16-20(25(2)18-9-5-3-7-15(14)18)22-12-23-21(16)26-13-24-17-8-4-6-10-19(17)26/h3-10,12-14H,11H2,1-2H3. The Labute approximate surface area is 152 Å². The lowest BCUT2D eigenvalue weighted by Crippen LogP contribution is -2.15. The average Bonchev–Trinajstić information content (AvgIpc) is 3.07. The lowest BCUT2D eigenvalue weighted by Gasteiger charge is -2.21. The van der Waals surface area contributed by atoms with Crippen LogP contribution in [0.2, 0.25) is 0 Å². The van der Waals surface area contributed by atoms with Gasteiger partial charge in [-0.15, -0.1) is 0 Å². The van der Waals surface area contributed by atoms with Crippen molar-refractivity contribution in [1.29, 1.82) is 0 Å². The Bertz CT molecular complexity index is 1110. The summed E-state index contributed by atoms with van der Waals surface area (Å²) < 4.78 is 2.08. The summed E-state index contributed by atoms with van der Waals surface area (Å²) in [4.78, 5) is 16.0. The molecule has 5 nitrogen and oxygen atoms in total. The molecule has 1 aliphatic rings. The van der Waals surface area contributed by atoms with E-state index in [1.807, 2.05) is 24.5 Å². The molecule has 26 heavy (non-hydrogen) atoms. The summed E-state index contributed by atoms with van der Waals surface area (Å²) in [5.74, 6) is 2.26. The van der Waals surface area contributed by atoms with Gasteiger partial charge in [-0.05, 0) is 36.1 Å². The van der Waals surface area contributed by atoms with Crippen LogP contribution >= 0.6 is 0 Å². The van der Waals surface area contributed by atoms with Gasteiger partial charge in [-0.2, -0.15) is 0 Å². The SMILES string of the molecule is CC1Cc2c(ncnc2-n2cnc3ccccc32)N(C)c2ccccc21. The molecule has 0 fully saturated rings. The lowest BCUT2D eigenvalue weighted by atomic mass is 9.94. The second-order valence-electron chi connectivity index (χ2n) is 6.83. The number of hydrogen-bond donors (Lipinski definition) is 0. The molecule has 0 bridgehead atoms. The monoisotopic (exact) mass is 341 g/mol. The fraction of sp³-hybridized carbons (Fsp3) is 0.190. The van der Waals surface area contributed by atoms with Crippen LogP contribution in [0.15, 0.2) is 61.2 Å². The molecule has 0 saturated carbocycles. The van der Waals surface area contributed by atoms with E-state index in [9.17, 15) is 0 Å². The second kappa shape index (κ2) is 5.66. The predicted octanol–water partition coefficient (Wildman–Crippen LogP) is 4.24. The molecular formula is C21H19N5. The summed E-state index contributed by atoms with van der Waals surface area (Å²) >= 11 is 0. The Morgan fingerprint density at radius 1 is 0.923 bits per heavy atom. The third-order valence-electron chi connectivity index (χ3n) is 5.24. The number of aromatic nitrogens is 4. The number of imidazole rings is 1. The Balaban J connectivity index is 1.75. The van der Waals surface area contributed by atoms with Crippen molar-refractivity contribution in [2.75, 3.05) is 11.9 Å². The summed E-state index contributed by atoms with van der Waals surface area (Å²) in [6.45, 7) is 2.27. The molecule has 128 valence electrons. The zero-order chi connectivity index (χ0) is 17.7. The quantitative estimate of drug-likeness (QED) is 0.519. The number of hydrogen-bond acceptors (Lipinski definition) is 4. The summed E-state index contributed by atoms with van der Waals surface area (Å²) in [6, 6.07) is 16.7. The van der Waals surface area contributed by atoms with E-state index >= 15 is 0 Å². The van der Waals surface area contributed by atoms with Crippen LogP contribution in [0.1, 0.15) is 24.0 Å². The Hall–Kier alpha value is -3.21. The van der Waals surface area contributed by atoms with Crippen LogP contribution in [0.3, 0.4) is 0 Å². The highest BCUT2D eigenvalue weighted by atomic mass is 15.2. The van der Waals surface area contributed by atoms with Gasteiger partial charge in [0, 0.05) is 18.3 Å². The number of para-hydroxylation sites is 3. The number of fused-ring (bicyclic) bond motifs is 3. The van der Waals surface area contributed by atoms with Crippen molar-refractivity contribution >= 4 is 22.5 Å². The van der Waals surface area contributed by atoms with Crippen LogP contribution in [0.25, 0.3) is 16.9 Å². The van der Waals surface area contributed by atoms with Crippen molar-refractivity contribution in [2.24, 2.45) is 0 Å². The first kappa shape index (κ1) is 15.1. The Kier molecular flexibility index (Phi) is 3.28. The van der Waals surface area contributed by atoms with Gasteiger partial charge in [-0.25, -0.2) is 15.0 Å². The summed E-state index contributed by atoms with van der Waals surface area (Å²) in [5.41, 5.74) is 5.74. The summed E-state index contributed by atoms with van der Waals surface area (Å²) in [5, 5.41) is 0. The molecule has 0 aliphatic carbocycles. The van der Waals surface area contributed by atoms with Crippen LogP contribution in [-0.4, -0.2) is 26.6 Å². The van der Waals surface area contributed by atoms with Crippen molar-refractivity contribution < 1.29 is 0 Å². The Morgan fingerprint density at radius 3 is 2.62 bits per heavy atom. The van der Waals surface area contributed by atoms with Gasteiger partial charge < -0.3 is 4.90 Å². The minimum atomic E-state index is 0.384. The zero-order valence-electron chi connectivity index (χ0n) is 14.8. The van der Waals surface area contributed by atoms with Crippen molar-refractivity contribution in [3.05, 3.63) is 72.3 Å². The molecule has 0 radical (unpaired) electrons. The van der Waals surface area contributed by atoms with Crippen molar-refractivity contribution in [2.45, 2.75) is 19.3 Å². The molecule has 3 heterocycles. The molecule has 0 N–H and O–H groups in total. The molecule has 4 aromatic rings. The maximum absolute atomic E-state index is 4.64. The number of rotatable bonds is 1. The highest BCUT2D eigenvalue weighted by Gasteiger charge is 2.26. The van der Waals surface area contributed by atoms with Gasteiger partial charge in [0.2, 0.25) is 0 Å². The third kappa shape index (κ3) is 2.13. The zero-order valence-corrected chi connectivity index (χ0v) is 14.8. The molecule has 5 heteroatoms. The summed E-state index contributed by atoms with van der Waals surface area (Å²) in [6.07, 6.45) is 4.40. The van der Waals surface area contributed by atoms with E-state index in [1.165, 1.54) is 11.3 Å². The molecule has 1 atom stereocenters. The van der Waals surface area contributed by atoms with Gasteiger partial charge in [-0.3, -0.25) is 4.57 Å². The van der Waals surface area contributed by atoms with E-state index in [2.05, 4.69) is 68.7 Å². The first-order valence-corrected chi connectivity index (χ1v) is 8.83. The molecule has 0 spiro atoms. The molecule has 5 rings (SSSR count). The van der Waals surface area contributed by atoms with Crippen LogP contribution in [-0.2, 0) is 6.42 Å². The first-order chi connectivity index (χ1) is 12.7. The van der Waals surface area contributed by atoms with E-state index in [0.29, 0.717) is 5.92 Å². The average molecular weight is 341 g/mol. The molecule has 0 amide bonds. The highest BCUT2D eigenvalue weighted by Crippen LogP contribution is 2.40. The normalized spacial score (nSPS) is 16.2. The third-order valence-corrected chi connectivity index (χ3v) is 5.24. The Morgan fingerprint density at radius 2 is 1.69 bits per heavy atom. The summed E-state index contributed by atoms with van der Waals surface area (Å²) in [7, 11) is 2.08. The minimum absolute atomic E-state index is 0.384. The van der Waals surface area contributed by atoms with E-state index in [-0.39, 0.29) is 0 Å². The van der Waals surface area contributed by atoms with E-state index in [0.717, 1.165) is 34.7 Å². The van der Waals surface area contributed by atoms with Gasteiger partial charge >= 0.3 is 0 Å². The van der Waals surface area contributed by atoms with Gasteiger partial charge in [-0.1, -0.05) is 37.3 Å². The molecule has 1 aliphatic heterocycles. The van der Waals surface area contributed by atoms with Crippen LogP contribution in [0.5, 0.6) is 0 Å². The molecular weight excluding hydrogens is 322 g/mol. The fourth-order valence-electron chi connectivity index (χ4n) is 3.94. The lowest BCUT2D eigenvalue weighted by molar-refractivity contribution is 0.756. The van der Waals surface area contributed by atoms with Crippen molar-refractivity contribution in [1.82, 2.24) is 19.5 Å². The molecule has 2 aromatic carbocycles. The smallest absolute Gasteiger partial charge is 0.147 e. The predicted molar refractivity (Wildman–Crippen MR) is 103 cm³/mol. The minimum Gasteiger partial charge on any atom is -0.329 e. The van der Waals surface area contributed by atoms with Crippen molar-refractivity contribution in [3.63, 3.8) is 0 Å². The van der Waals surface area contributed by atoms with Crippen molar-refractivity contribution in [3.8, 4) is 5.82 Å². The molecule has 1 unspecified atom stereocenters. The van der Waals surface area contributed by atoms with E-state index in [1.54, 1.807) is 6.33 Å². The number of benzene rings is 2. The first-order valence-electron chi connectivity index (χ1n) is 8.83. The highest BCUT2D eigenvalue weighted by molar-refractivity contribution is 5.78. The van der Waals surface area contributed by atoms with Gasteiger partial charge in [0.15, 0.2) is 0 Å². The number of nitrogens with zero attached hydrogens (tertiary/aromatic N) is 5. The molecule has 0 saturated heterocycles. The van der Waals surface area contributed by atoms with E-state index in [4.69, 9.17) is 0 Å². The van der Waals surface area contributed by atoms with Gasteiger partial charge in [0.1, 0.15) is 24.3 Å². The fourth-order valence-corrected chi connectivity index (χ4v) is 3.94. The van der Waals surface area contributed by atoms with Crippen LogP contribution < -0.4 is 4.90 Å². The van der Waals surface area contributed by atoms with Gasteiger partial charge in [0.25, 0.3) is 0 Å². The van der Waals surface area contributed by atoms with Crippen LogP contribution in [0, 0.1) is 0 Å². The van der Waals surface area contributed by atoms with Crippen LogP contribution in [0.4, 0.5) is 11.5 Å². The number of anilines is 2.